The highest BCUT2D eigenvalue weighted by molar-refractivity contribution is 7.98. The van der Waals surface area contributed by atoms with Crippen molar-refractivity contribution >= 4 is 17.7 Å². The number of amides is 1. The standard InChI is InChI=1S/C7H14N2OS/c1-11-4-7(9,6(8)10)5-2-3-5/h5H,2-4,9H2,1H3,(H2,8,10). The van der Waals surface area contributed by atoms with Gasteiger partial charge in [0.15, 0.2) is 0 Å². The second-order valence-electron chi connectivity index (χ2n) is 3.11. The van der Waals surface area contributed by atoms with Gasteiger partial charge in [-0.3, -0.25) is 4.79 Å². The van der Waals surface area contributed by atoms with Gasteiger partial charge in [-0.25, -0.2) is 0 Å². The zero-order chi connectivity index (χ0) is 8.48. The fourth-order valence-corrected chi connectivity index (χ4v) is 2.08. The van der Waals surface area contributed by atoms with Gasteiger partial charge in [0.2, 0.25) is 5.91 Å². The third-order valence-corrected chi connectivity index (χ3v) is 2.91. The molecule has 0 bridgehead atoms. The number of hydrogen-bond donors (Lipinski definition) is 2. The van der Waals surface area contributed by atoms with Crippen LogP contribution < -0.4 is 11.5 Å². The van der Waals surface area contributed by atoms with Gasteiger partial charge in [0, 0.05) is 5.75 Å². The monoisotopic (exact) mass is 174 g/mol. The fourth-order valence-electron chi connectivity index (χ4n) is 1.23. The SMILES string of the molecule is CSCC(N)(C(N)=O)C1CC1. The van der Waals surface area contributed by atoms with Crippen LogP contribution in [0.1, 0.15) is 12.8 Å². The first-order chi connectivity index (χ1) is 5.11. The molecule has 0 saturated heterocycles. The molecule has 0 aromatic rings. The van der Waals surface area contributed by atoms with E-state index in [9.17, 15) is 4.79 Å². The summed E-state index contributed by atoms with van der Waals surface area (Å²) in [6, 6.07) is 0. The Morgan fingerprint density at radius 2 is 2.27 bits per heavy atom. The van der Waals surface area contributed by atoms with Crippen molar-refractivity contribution in [2.24, 2.45) is 17.4 Å². The minimum Gasteiger partial charge on any atom is -0.368 e. The van der Waals surface area contributed by atoms with E-state index in [-0.39, 0.29) is 5.91 Å². The minimum atomic E-state index is -0.737. The summed E-state index contributed by atoms with van der Waals surface area (Å²) in [5.74, 6) is 0.634. The molecule has 4 heteroatoms. The van der Waals surface area contributed by atoms with Crippen LogP contribution in [0.4, 0.5) is 0 Å². The lowest BCUT2D eigenvalue weighted by molar-refractivity contribution is -0.123. The molecule has 0 spiro atoms. The molecule has 1 atom stereocenters. The van der Waals surface area contributed by atoms with Crippen LogP contribution in [0.2, 0.25) is 0 Å². The Morgan fingerprint density at radius 3 is 2.55 bits per heavy atom. The Kier molecular flexibility index (Phi) is 2.44. The normalized spacial score (nSPS) is 22.7. The van der Waals surface area contributed by atoms with E-state index >= 15 is 0 Å². The average Bonchev–Trinajstić information content (AvgIpc) is 2.68. The molecule has 0 aromatic heterocycles. The first-order valence-corrected chi connectivity index (χ1v) is 5.08. The smallest absolute Gasteiger partial charge is 0.238 e. The summed E-state index contributed by atoms with van der Waals surface area (Å²) in [6.07, 6.45) is 4.05. The fraction of sp³-hybridized carbons (Fsp3) is 0.857. The van der Waals surface area contributed by atoms with Crippen molar-refractivity contribution < 1.29 is 4.79 Å². The van der Waals surface area contributed by atoms with Crippen molar-refractivity contribution in [2.75, 3.05) is 12.0 Å². The predicted octanol–water partition coefficient (Wildman–Crippen LogP) is -0.0578. The van der Waals surface area contributed by atoms with E-state index in [1.807, 2.05) is 6.26 Å². The quantitative estimate of drug-likeness (QED) is 0.627. The zero-order valence-corrected chi connectivity index (χ0v) is 7.49. The van der Waals surface area contributed by atoms with Gasteiger partial charge < -0.3 is 11.5 Å². The molecule has 1 aliphatic rings. The van der Waals surface area contributed by atoms with Gasteiger partial charge in [-0.2, -0.15) is 11.8 Å². The van der Waals surface area contributed by atoms with Crippen molar-refractivity contribution in [1.82, 2.24) is 0 Å². The molecule has 0 aliphatic heterocycles. The lowest BCUT2D eigenvalue weighted by Crippen LogP contribution is -2.56. The van der Waals surface area contributed by atoms with Crippen LogP contribution in [0.15, 0.2) is 0 Å². The molecule has 1 amide bonds. The van der Waals surface area contributed by atoms with Gasteiger partial charge in [0.05, 0.1) is 0 Å². The summed E-state index contributed by atoms with van der Waals surface area (Å²) in [5, 5.41) is 0. The Bertz CT molecular complexity index is 170. The minimum absolute atomic E-state index is 0.340. The Labute approximate surface area is 70.9 Å². The molecule has 1 saturated carbocycles. The molecule has 64 valence electrons. The highest BCUT2D eigenvalue weighted by atomic mass is 32.2. The van der Waals surface area contributed by atoms with Crippen molar-refractivity contribution in [2.45, 2.75) is 18.4 Å². The first-order valence-electron chi connectivity index (χ1n) is 3.69. The van der Waals surface area contributed by atoms with Crippen LogP contribution in [0.25, 0.3) is 0 Å². The highest BCUT2D eigenvalue weighted by Gasteiger charge is 2.46. The average molecular weight is 174 g/mol. The van der Waals surface area contributed by atoms with E-state index in [1.165, 1.54) is 0 Å². The van der Waals surface area contributed by atoms with Gasteiger partial charge in [0.25, 0.3) is 0 Å². The second-order valence-corrected chi connectivity index (χ2v) is 3.98. The maximum Gasteiger partial charge on any atom is 0.238 e. The molecule has 0 radical (unpaired) electrons. The molecule has 4 N–H and O–H groups in total. The van der Waals surface area contributed by atoms with Crippen molar-refractivity contribution in [1.29, 1.82) is 0 Å². The molecule has 0 aromatic carbocycles. The van der Waals surface area contributed by atoms with Crippen molar-refractivity contribution in [3.63, 3.8) is 0 Å². The number of thioether (sulfide) groups is 1. The Hall–Kier alpha value is -0.220. The van der Waals surface area contributed by atoms with Crippen molar-refractivity contribution in [3.8, 4) is 0 Å². The van der Waals surface area contributed by atoms with Crippen LogP contribution in [0.5, 0.6) is 0 Å². The van der Waals surface area contributed by atoms with Crippen molar-refractivity contribution in [3.05, 3.63) is 0 Å². The molecule has 3 nitrogen and oxygen atoms in total. The molecule has 0 heterocycles. The molecule has 1 aliphatic carbocycles. The van der Waals surface area contributed by atoms with E-state index in [4.69, 9.17) is 11.5 Å². The highest BCUT2D eigenvalue weighted by Crippen LogP contribution is 2.39. The van der Waals surface area contributed by atoms with E-state index in [2.05, 4.69) is 0 Å². The number of rotatable bonds is 4. The topological polar surface area (TPSA) is 69.1 Å². The molecule has 11 heavy (non-hydrogen) atoms. The summed E-state index contributed by atoms with van der Waals surface area (Å²) in [5.41, 5.74) is 10.3. The maximum absolute atomic E-state index is 11.0. The van der Waals surface area contributed by atoms with Gasteiger partial charge in [-0.15, -0.1) is 0 Å². The number of nitrogens with two attached hydrogens (primary N) is 2. The summed E-state index contributed by atoms with van der Waals surface area (Å²) >= 11 is 1.58. The second kappa shape index (κ2) is 3.03. The number of carbonyl (C=O) groups excluding carboxylic acids is 1. The van der Waals surface area contributed by atoms with Gasteiger partial charge in [0.1, 0.15) is 5.54 Å². The summed E-state index contributed by atoms with van der Waals surface area (Å²) in [6.45, 7) is 0. The van der Waals surface area contributed by atoms with Crippen LogP contribution in [0.3, 0.4) is 0 Å². The maximum atomic E-state index is 11.0. The van der Waals surface area contributed by atoms with Gasteiger partial charge >= 0.3 is 0 Å². The molecular formula is C7H14N2OS. The molecule has 1 unspecified atom stereocenters. The largest absolute Gasteiger partial charge is 0.368 e. The molecular weight excluding hydrogens is 160 g/mol. The third kappa shape index (κ3) is 1.68. The summed E-state index contributed by atoms with van der Waals surface area (Å²) in [7, 11) is 0. The Morgan fingerprint density at radius 1 is 1.73 bits per heavy atom. The van der Waals surface area contributed by atoms with Crippen LogP contribution in [-0.4, -0.2) is 23.5 Å². The number of primary amides is 1. The lowest BCUT2D eigenvalue weighted by Gasteiger charge is -2.24. The summed E-state index contributed by atoms with van der Waals surface area (Å²) in [4.78, 5) is 11.0. The summed E-state index contributed by atoms with van der Waals surface area (Å²) < 4.78 is 0. The lowest BCUT2D eigenvalue weighted by atomic mass is 9.96. The number of carbonyl (C=O) groups is 1. The molecule has 1 fully saturated rings. The van der Waals surface area contributed by atoms with Gasteiger partial charge in [-0.1, -0.05) is 0 Å². The third-order valence-electron chi connectivity index (χ3n) is 2.15. The van der Waals surface area contributed by atoms with E-state index < -0.39 is 5.54 Å². The zero-order valence-electron chi connectivity index (χ0n) is 6.67. The van der Waals surface area contributed by atoms with E-state index in [1.54, 1.807) is 11.8 Å². The Balaban J connectivity index is 2.61. The van der Waals surface area contributed by atoms with Crippen LogP contribution >= 0.6 is 11.8 Å². The van der Waals surface area contributed by atoms with Crippen LogP contribution in [0, 0.1) is 5.92 Å². The predicted molar refractivity (Wildman–Crippen MR) is 47.2 cm³/mol. The van der Waals surface area contributed by atoms with E-state index in [0.717, 1.165) is 12.8 Å². The van der Waals surface area contributed by atoms with E-state index in [0.29, 0.717) is 11.7 Å². The number of hydrogen-bond acceptors (Lipinski definition) is 3. The molecule has 1 rings (SSSR count). The van der Waals surface area contributed by atoms with Crippen LogP contribution in [-0.2, 0) is 4.79 Å². The first kappa shape index (κ1) is 8.87. The van der Waals surface area contributed by atoms with Gasteiger partial charge in [-0.05, 0) is 25.0 Å².